The van der Waals surface area contributed by atoms with Gasteiger partial charge in [-0.25, -0.2) is 0 Å². The first-order valence-electron chi connectivity index (χ1n) is 14.3. The lowest BCUT2D eigenvalue weighted by atomic mass is 9.97. The first-order valence-corrected chi connectivity index (χ1v) is 14.3. The summed E-state index contributed by atoms with van der Waals surface area (Å²) in [6.45, 7) is 4.21. The molecule has 0 saturated carbocycles. The second-order valence-electron chi connectivity index (χ2n) is 10.7. The Hall–Kier alpha value is -5.87. The van der Waals surface area contributed by atoms with E-state index in [-0.39, 0.29) is 0 Å². The van der Waals surface area contributed by atoms with E-state index in [1.165, 1.54) is 49.3 Å². The lowest BCUT2D eigenvalue weighted by Crippen LogP contribution is -1.88. The van der Waals surface area contributed by atoms with Crippen molar-refractivity contribution in [1.82, 2.24) is 19.5 Å². The summed E-state index contributed by atoms with van der Waals surface area (Å²) in [7, 11) is 0. The van der Waals surface area contributed by atoms with Crippen molar-refractivity contribution in [3.05, 3.63) is 147 Å². The third-order valence-corrected chi connectivity index (χ3v) is 8.28. The minimum atomic E-state index is 1.07. The zero-order valence-electron chi connectivity index (χ0n) is 23.4. The van der Waals surface area contributed by atoms with Crippen molar-refractivity contribution in [2.24, 2.45) is 0 Å². The van der Waals surface area contributed by atoms with E-state index in [1.54, 1.807) is 0 Å². The van der Waals surface area contributed by atoms with Gasteiger partial charge in [-0.05, 0) is 81.2 Å². The smallest absolute Gasteiger partial charge is 0.0613 e. The quantitative estimate of drug-likeness (QED) is 0.214. The summed E-state index contributed by atoms with van der Waals surface area (Å²) in [5.74, 6) is 0. The van der Waals surface area contributed by atoms with E-state index >= 15 is 0 Å². The highest BCUT2D eigenvalue weighted by Crippen LogP contribution is 2.38. The van der Waals surface area contributed by atoms with Gasteiger partial charge >= 0.3 is 0 Å². The minimum Gasteiger partial charge on any atom is -0.316 e. The Bertz CT molecular complexity index is 2280. The molecule has 43 heavy (non-hydrogen) atoms. The second kappa shape index (κ2) is 10.2. The molecule has 0 saturated heterocycles. The Kier molecular flexibility index (Phi) is 5.90. The molecule has 8 rings (SSSR count). The monoisotopic (exact) mass is 550 g/mol. The van der Waals surface area contributed by atoms with Gasteiger partial charge in [-0.2, -0.15) is 0 Å². The Morgan fingerprint density at radius 3 is 1.63 bits per heavy atom. The van der Waals surface area contributed by atoms with Crippen LogP contribution in [-0.4, -0.2) is 19.5 Å². The van der Waals surface area contributed by atoms with Crippen LogP contribution in [0.2, 0.25) is 0 Å². The molecule has 0 radical (unpaired) electrons. The van der Waals surface area contributed by atoms with Crippen LogP contribution in [0.1, 0.15) is 0 Å². The number of fused-ring (bicyclic) bond motifs is 5. The van der Waals surface area contributed by atoms with E-state index in [4.69, 9.17) is 0 Å². The number of pyridine rings is 3. The van der Waals surface area contributed by atoms with Crippen LogP contribution < -0.4 is 0 Å². The van der Waals surface area contributed by atoms with Crippen LogP contribution in [-0.2, 0) is 0 Å². The van der Waals surface area contributed by atoms with Crippen LogP contribution in [0.4, 0.5) is 0 Å². The van der Waals surface area contributed by atoms with Gasteiger partial charge in [-0.1, -0.05) is 67.2 Å². The molecule has 0 aliphatic carbocycles. The molecule has 4 aromatic carbocycles. The van der Waals surface area contributed by atoms with Crippen LogP contribution in [0.3, 0.4) is 0 Å². The third-order valence-electron chi connectivity index (χ3n) is 8.28. The zero-order chi connectivity index (χ0) is 28.8. The van der Waals surface area contributed by atoms with Crippen LogP contribution in [0, 0.1) is 0 Å². The van der Waals surface area contributed by atoms with Crippen molar-refractivity contribution >= 4 is 38.8 Å². The van der Waals surface area contributed by atoms with Crippen LogP contribution >= 0.6 is 0 Å². The summed E-state index contributed by atoms with van der Waals surface area (Å²) in [5, 5.41) is 4.82. The van der Waals surface area contributed by atoms with Crippen molar-refractivity contribution in [3.63, 3.8) is 0 Å². The fourth-order valence-electron chi connectivity index (χ4n) is 6.12. The van der Waals surface area contributed by atoms with Crippen molar-refractivity contribution in [1.29, 1.82) is 0 Å². The number of aromatic nitrogens is 4. The maximum atomic E-state index is 4.55. The SMILES string of the molecule is C=Cn1c2cc(-c3cncc(-c4ccncc4)c3)ccc2c2ccc3cc(-c4ccc(-c5ccncc5)cc4)ccc3c21. The summed E-state index contributed by atoms with van der Waals surface area (Å²) in [6.07, 6.45) is 13.0. The summed E-state index contributed by atoms with van der Waals surface area (Å²) in [4.78, 5) is 12.8. The van der Waals surface area contributed by atoms with Gasteiger partial charge in [0.25, 0.3) is 0 Å². The maximum Gasteiger partial charge on any atom is 0.0613 e. The normalized spacial score (nSPS) is 11.3. The molecular weight excluding hydrogens is 524 g/mol. The predicted octanol–water partition coefficient (Wildman–Crippen LogP) is 9.90. The molecule has 4 nitrogen and oxygen atoms in total. The largest absolute Gasteiger partial charge is 0.316 e. The summed E-state index contributed by atoms with van der Waals surface area (Å²) >= 11 is 0. The molecule has 0 aliphatic heterocycles. The molecule has 4 heterocycles. The number of rotatable bonds is 5. The van der Waals surface area contributed by atoms with Crippen molar-refractivity contribution < 1.29 is 0 Å². The highest BCUT2D eigenvalue weighted by atomic mass is 15.0. The molecule has 202 valence electrons. The number of hydrogen-bond acceptors (Lipinski definition) is 3. The molecular formula is C39H26N4. The minimum absolute atomic E-state index is 1.07. The first-order chi connectivity index (χ1) is 21.3. The Labute approximate surface area is 249 Å². The molecule has 0 spiro atoms. The van der Waals surface area contributed by atoms with Crippen molar-refractivity contribution in [2.45, 2.75) is 0 Å². The van der Waals surface area contributed by atoms with Gasteiger partial charge in [0.1, 0.15) is 0 Å². The van der Waals surface area contributed by atoms with Gasteiger partial charge in [0, 0.05) is 70.7 Å². The van der Waals surface area contributed by atoms with Gasteiger partial charge in [0.15, 0.2) is 0 Å². The third kappa shape index (κ3) is 4.28. The zero-order valence-corrected chi connectivity index (χ0v) is 23.4. The van der Waals surface area contributed by atoms with Gasteiger partial charge < -0.3 is 4.57 Å². The fraction of sp³-hybridized carbons (Fsp3) is 0. The van der Waals surface area contributed by atoms with Crippen LogP contribution in [0.5, 0.6) is 0 Å². The first kappa shape index (κ1) is 24.9. The molecule has 4 aromatic heterocycles. The van der Waals surface area contributed by atoms with Gasteiger partial charge in [0.05, 0.1) is 11.0 Å². The highest BCUT2D eigenvalue weighted by Gasteiger charge is 2.14. The van der Waals surface area contributed by atoms with E-state index in [1.807, 2.05) is 67.6 Å². The molecule has 0 bridgehead atoms. The molecule has 0 aliphatic rings. The summed E-state index contributed by atoms with van der Waals surface area (Å²) in [5.41, 5.74) is 11.4. The van der Waals surface area contributed by atoms with Gasteiger partial charge in [0.2, 0.25) is 0 Å². The molecule has 0 N–H and O–H groups in total. The van der Waals surface area contributed by atoms with Crippen LogP contribution in [0.25, 0.3) is 83.3 Å². The molecule has 0 unspecified atom stereocenters. The summed E-state index contributed by atoms with van der Waals surface area (Å²) < 4.78 is 2.22. The van der Waals surface area contributed by atoms with E-state index in [9.17, 15) is 0 Å². The molecule has 4 heteroatoms. The van der Waals surface area contributed by atoms with Gasteiger partial charge in [-0.3, -0.25) is 15.0 Å². The maximum absolute atomic E-state index is 4.55. The molecule has 0 fully saturated rings. The topological polar surface area (TPSA) is 43.6 Å². The van der Waals surface area contributed by atoms with Gasteiger partial charge in [-0.15, -0.1) is 0 Å². The van der Waals surface area contributed by atoms with Crippen LogP contribution in [0.15, 0.2) is 147 Å². The lowest BCUT2D eigenvalue weighted by Gasteiger charge is -2.09. The highest BCUT2D eigenvalue weighted by molar-refractivity contribution is 6.19. The Balaban J connectivity index is 1.22. The van der Waals surface area contributed by atoms with Crippen molar-refractivity contribution in [2.75, 3.05) is 0 Å². The molecule has 8 aromatic rings. The van der Waals surface area contributed by atoms with E-state index in [2.05, 4.69) is 105 Å². The molecule has 0 amide bonds. The lowest BCUT2D eigenvalue weighted by molar-refractivity contribution is 1.30. The summed E-state index contributed by atoms with van der Waals surface area (Å²) in [6, 6.07) is 36.9. The fourth-order valence-corrected chi connectivity index (χ4v) is 6.12. The average molecular weight is 551 g/mol. The Morgan fingerprint density at radius 1 is 0.442 bits per heavy atom. The predicted molar refractivity (Wildman–Crippen MR) is 178 cm³/mol. The molecule has 0 atom stereocenters. The van der Waals surface area contributed by atoms with E-state index < -0.39 is 0 Å². The standard InChI is InChI=1S/C39H26N4/c1-2-43-38-23-31(34-22-33(24-42-25-34)29-15-19-41-20-16-29)8-11-36(38)37-12-9-32-21-30(7-10-35(32)39(37)43)27-5-3-26(4-6-27)28-13-17-40-18-14-28/h2-25H,1H2. The Morgan fingerprint density at radius 2 is 0.953 bits per heavy atom. The number of nitrogens with zero attached hydrogens (tertiary/aromatic N) is 4. The number of hydrogen-bond donors (Lipinski definition) is 0. The van der Waals surface area contributed by atoms with E-state index in [0.717, 1.165) is 27.8 Å². The second-order valence-corrected chi connectivity index (χ2v) is 10.7. The van der Waals surface area contributed by atoms with Crippen molar-refractivity contribution in [3.8, 4) is 44.5 Å². The number of benzene rings is 4. The average Bonchev–Trinajstić information content (AvgIpc) is 3.42. The van der Waals surface area contributed by atoms with E-state index in [0.29, 0.717) is 0 Å².